The van der Waals surface area contributed by atoms with Gasteiger partial charge in [0, 0.05) is 14.7 Å². The highest BCUT2D eigenvalue weighted by molar-refractivity contribution is 8.33. The molecule has 0 fully saturated rings. The van der Waals surface area contributed by atoms with Gasteiger partial charge in [0.05, 0.1) is 18.1 Å². The maximum Gasteiger partial charge on any atom is 0.307 e. The first-order valence-electron chi connectivity index (χ1n) is 13.8. The standard InChI is InChI=1S/C33H38O5S2/c1-4-6-25-36-28-15-21-31(22-16-28)39(30-11-9-8-10-12-30,32-23-17-29(18-24-32)37-26-7-5-2)38-40(34,35)33-19-13-27(3)14-20-33/h8-24H,4-7,25-26H2,1-3H3. The minimum Gasteiger partial charge on any atom is -0.494 e. The summed E-state index contributed by atoms with van der Waals surface area (Å²) >= 11 is 0. The normalized spacial score (nSPS) is 12.2. The summed E-state index contributed by atoms with van der Waals surface area (Å²) in [5.74, 6) is 1.47. The first-order chi connectivity index (χ1) is 19.4. The molecule has 0 saturated heterocycles. The van der Waals surface area contributed by atoms with Crippen molar-refractivity contribution in [3.8, 4) is 11.5 Å². The molecule has 0 heterocycles. The predicted molar refractivity (Wildman–Crippen MR) is 162 cm³/mol. The molecule has 0 bridgehead atoms. The highest BCUT2D eigenvalue weighted by atomic mass is 32.3. The Bertz CT molecular complexity index is 1380. The number of unbranched alkanes of at least 4 members (excludes halogenated alkanes) is 2. The molecule has 4 aromatic rings. The van der Waals surface area contributed by atoms with E-state index in [-0.39, 0.29) is 4.90 Å². The summed E-state index contributed by atoms with van der Waals surface area (Å²) in [4.78, 5) is 2.38. The number of hydrogen-bond donors (Lipinski definition) is 0. The van der Waals surface area contributed by atoms with Gasteiger partial charge in [-0.2, -0.15) is 8.42 Å². The summed E-state index contributed by atoms with van der Waals surface area (Å²) in [7, 11) is -6.89. The quantitative estimate of drug-likeness (QED) is 0.140. The molecule has 0 saturated carbocycles. The first kappa shape index (κ1) is 29.7. The second kappa shape index (κ2) is 13.9. The topological polar surface area (TPSA) is 61.8 Å². The SMILES string of the molecule is CCCCOc1ccc(S(OS(=O)(=O)c2ccc(C)cc2)(c2ccccc2)c2ccc(OCCCC)cc2)cc1. The number of ether oxygens (including phenoxy) is 2. The predicted octanol–water partition coefficient (Wildman–Crippen LogP) is 8.96. The van der Waals surface area contributed by atoms with Gasteiger partial charge in [0.25, 0.3) is 0 Å². The molecule has 0 amide bonds. The summed E-state index contributed by atoms with van der Waals surface area (Å²) in [6.45, 7) is 7.42. The Morgan fingerprint density at radius 3 is 1.43 bits per heavy atom. The van der Waals surface area contributed by atoms with Gasteiger partial charge in [0.15, 0.2) is 0 Å². The van der Waals surface area contributed by atoms with Gasteiger partial charge < -0.3 is 9.47 Å². The molecule has 0 atom stereocenters. The van der Waals surface area contributed by atoms with E-state index in [2.05, 4.69) is 13.8 Å². The second-order valence-corrected chi connectivity index (χ2v) is 14.0. The van der Waals surface area contributed by atoms with Crippen LogP contribution in [0.5, 0.6) is 11.5 Å². The molecule has 4 aromatic carbocycles. The van der Waals surface area contributed by atoms with Crippen molar-refractivity contribution in [2.24, 2.45) is 0 Å². The molecule has 0 spiro atoms. The number of hydrogen-bond acceptors (Lipinski definition) is 5. The van der Waals surface area contributed by atoms with E-state index in [1.165, 1.54) is 0 Å². The van der Waals surface area contributed by atoms with Crippen LogP contribution >= 0.6 is 10.3 Å². The molecule has 0 radical (unpaired) electrons. The van der Waals surface area contributed by atoms with E-state index in [4.69, 9.17) is 13.1 Å². The van der Waals surface area contributed by atoms with Crippen LogP contribution in [-0.2, 0) is 13.7 Å². The van der Waals surface area contributed by atoms with Gasteiger partial charge in [0.2, 0.25) is 0 Å². The van der Waals surface area contributed by atoms with Crippen LogP contribution in [0.3, 0.4) is 0 Å². The molecule has 0 aliphatic heterocycles. The zero-order chi connectivity index (χ0) is 28.4. The largest absolute Gasteiger partial charge is 0.494 e. The summed E-state index contributed by atoms with van der Waals surface area (Å²) < 4.78 is 46.1. The van der Waals surface area contributed by atoms with E-state index in [0.717, 1.165) is 57.4 Å². The number of rotatable bonds is 14. The van der Waals surface area contributed by atoms with Crippen molar-refractivity contribution in [3.63, 3.8) is 0 Å². The highest BCUT2D eigenvalue weighted by Gasteiger charge is 2.38. The van der Waals surface area contributed by atoms with Crippen LogP contribution < -0.4 is 9.47 Å². The van der Waals surface area contributed by atoms with Crippen LogP contribution in [0.25, 0.3) is 0 Å². The fourth-order valence-electron chi connectivity index (χ4n) is 4.14. The van der Waals surface area contributed by atoms with Crippen molar-refractivity contribution < 1.29 is 21.5 Å². The lowest BCUT2D eigenvalue weighted by Gasteiger charge is -2.39. The highest BCUT2D eigenvalue weighted by Crippen LogP contribution is 2.70. The van der Waals surface area contributed by atoms with E-state index in [1.807, 2.05) is 85.8 Å². The van der Waals surface area contributed by atoms with E-state index in [0.29, 0.717) is 13.2 Å². The monoisotopic (exact) mass is 578 g/mol. The average molecular weight is 579 g/mol. The molecule has 4 rings (SSSR count). The van der Waals surface area contributed by atoms with Gasteiger partial charge in [-0.1, -0.05) is 62.6 Å². The fraction of sp³-hybridized carbons (Fsp3) is 0.273. The summed E-state index contributed by atoms with van der Waals surface area (Å²) in [5, 5.41) is 0. The molecule has 0 aliphatic rings. The molecule has 7 heteroatoms. The van der Waals surface area contributed by atoms with Crippen molar-refractivity contribution in [2.45, 2.75) is 66.0 Å². The minimum absolute atomic E-state index is 0.116. The van der Waals surface area contributed by atoms with Crippen molar-refractivity contribution in [1.82, 2.24) is 0 Å². The maximum absolute atomic E-state index is 13.9. The Balaban J connectivity index is 1.86. The summed E-state index contributed by atoms with van der Waals surface area (Å²) in [5.41, 5.74) is 0.970. The zero-order valence-corrected chi connectivity index (χ0v) is 25.0. The van der Waals surface area contributed by atoms with Crippen LogP contribution in [0, 0.1) is 6.92 Å². The van der Waals surface area contributed by atoms with Crippen LogP contribution in [0.4, 0.5) is 0 Å². The van der Waals surface area contributed by atoms with Gasteiger partial charge in [-0.3, -0.25) is 0 Å². The third-order valence-corrected chi connectivity index (χ3v) is 11.6. The van der Waals surface area contributed by atoms with Crippen LogP contribution in [0.2, 0.25) is 0 Å². The molecule has 0 aliphatic carbocycles. The zero-order valence-electron chi connectivity index (χ0n) is 23.4. The molecule has 0 N–H and O–H groups in total. The molecular weight excluding hydrogens is 540 g/mol. The summed E-state index contributed by atoms with van der Waals surface area (Å²) in [6.07, 6.45) is 4.02. The van der Waals surface area contributed by atoms with Crippen molar-refractivity contribution >= 4 is 20.4 Å². The molecule has 40 heavy (non-hydrogen) atoms. The first-order valence-corrected chi connectivity index (χ1v) is 16.7. The van der Waals surface area contributed by atoms with Crippen molar-refractivity contribution in [3.05, 3.63) is 109 Å². The Kier molecular flexibility index (Phi) is 10.3. The van der Waals surface area contributed by atoms with Crippen LogP contribution in [-0.4, -0.2) is 21.6 Å². The van der Waals surface area contributed by atoms with E-state index in [9.17, 15) is 8.42 Å². The van der Waals surface area contributed by atoms with Crippen molar-refractivity contribution in [1.29, 1.82) is 0 Å². The molecule has 212 valence electrons. The van der Waals surface area contributed by atoms with Crippen molar-refractivity contribution in [2.75, 3.05) is 13.2 Å². The lowest BCUT2D eigenvalue weighted by molar-refractivity contribution is 0.309. The Morgan fingerprint density at radius 1 is 0.550 bits per heavy atom. The Hall–Kier alpha value is -3.26. The molecule has 0 unspecified atom stereocenters. The van der Waals surface area contributed by atoms with Crippen LogP contribution in [0.15, 0.2) is 123 Å². The fourth-order valence-corrected chi connectivity index (χ4v) is 9.34. The smallest absolute Gasteiger partial charge is 0.307 e. The van der Waals surface area contributed by atoms with Gasteiger partial charge in [-0.25, -0.2) is 3.63 Å². The summed E-state index contributed by atoms with van der Waals surface area (Å²) in [6, 6.07) is 31.5. The van der Waals surface area contributed by atoms with E-state index in [1.54, 1.807) is 24.3 Å². The van der Waals surface area contributed by atoms with E-state index < -0.39 is 20.4 Å². The average Bonchev–Trinajstić information content (AvgIpc) is 2.98. The number of benzene rings is 4. The van der Waals surface area contributed by atoms with Gasteiger partial charge >= 0.3 is 10.1 Å². The lowest BCUT2D eigenvalue weighted by atomic mass is 10.2. The Labute approximate surface area is 240 Å². The minimum atomic E-state index is -4.16. The third-order valence-electron chi connectivity index (χ3n) is 6.42. The van der Waals surface area contributed by atoms with E-state index >= 15 is 0 Å². The second-order valence-electron chi connectivity index (χ2n) is 9.55. The lowest BCUT2D eigenvalue weighted by Crippen LogP contribution is -2.14. The third kappa shape index (κ3) is 7.08. The van der Waals surface area contributed by atoms with Gasteiger partial charge in [0.1, 0.15) is 11.5 Å². The van der Waals surface area contributed by atoms with Gasteiger partial charge in [-0.05, 0) is 103 Å². The van der Waals surface area contributed by atoms with Gasteiger partial charge in [-0.15, -0.1) is 0 Å². The molecular formula is C33H38O5S2. The van der Waals surface area contributed by atoms with Crippen LogP contribution in [0.1, 0.15) is 45.1 Å². The molecule has 5 nitrogen and oxygen atoms in total. The molecule has 0 aromatic heterocycles. The number of aryl methyl sites for hydroxylation is 1. The Morgan fingerprint density at radius 2 is 0.975 bits per heavy atom. The maximum atomic E-state index is 13.9.